The van der Waals surface area contributed by atoms with Gasteiger partial charge >= 0.3 is 119 Å². The van der Waals surface area contributed by atoms with Gasteiger partial charge in [0.2, 0.25) is 0 Å². The molecule has 0 saturated heterocycles. The Morgan fingerprint density at radius 1 is 0.588 bits per heavy atom. The topological polar surface area (TPSA) is 0 Å². The van der Waals surface area contributed by atoms with E-state index in [9.17, 15) is 0 Å². The number of hydrogen-bond donors (Lipinski definition) is 0. The molecule has 0 aromatic heterocycles. The van der Waals surface area contributed by atoms with Crippen molar-refractivity contribution < 1.29 is 19.1 Å². The van der Waals surface area contributed by atoms with Gasteiger partial charge in [-0.25, -0.2) is 0 Å². The molecule has 0 aliphatic rings. The first-order chi connectivity index (χ1) is 8.18. The first-order valence-corrected chi connectivity index (χ1v) is 16.3. The van der Waals surface area contributed by atoms with E-state index in [1.54, 1.807) is 0 Å². The average molecular weight is 340 g/mol. The van der Waals surface area contributed by atoms with Gasteiger partial charge in [-0.2, -0.15) is 0 Å². The summed E-state index contributed by atoms with van der Waals surface area (Å²) in [5.74, 6) is 0. The van der Waals surface area contributed by atoms with Gasteiger partial charge < -0.3 is 0 Å². The van der Waals surface area contributed by atoms with Crippen LogP contribution in [-0.2, 0) is 19.1 Å². The van der Waals surface area contributed by atoms with Crippen LogP contribution in [0.2, 0.25) is 12.4 Å². The van der Waals surface area contributed by atoms with Crippen molar-refractivity contribution in [1.29, 1.82) is 0 Å². The summed E-state index contributed by atoms with van der Waals surface area (Å²) in [4.78, 5) is 0. The van der Waals surface area contributed by atoms with Gasteiger partial charge in [-0.15, -0.1) is 0 Å². The zero-order chi connectivity index (χ0) is 13.0. The minimum atomic E-state index is -2.16. The molecule has 0 nitrogen and oxygen atoms in total. The van der Waals surface area contributed by atoms with Crippen LogP contribution in [0.4, 0.5) is 0 Å². The average Bonchev–Trinajstić information content (AvgIpc) is 2.30. The van der Waals surface area contributed by atoms with Gasteiger partial charge in [-0.1, -0.05) is 0 Å². The van der Waals surface area contributed by atoms with Gasteiger partial charge in [0.15, 0.2) is 0 Å². The molecular formula is C15H33ClZr. The van der Waals surface area contributed by atoms with Crippen LogP contribution in [0.3, 0.4) is 0 Å². The second kappa shape index (κ2) is 12.2. The Bertz CT molecular complexity index is 132. The predicted molar refractivity (Wildman–Crippen MR) is 78.8 cm³/mol. The molecular weight excluding hydrogens is 307 g/mol. The zero-order valence-corrected chi connectivity index (χ0v) is 15.6. The first-order valence-electron chi connectivity index (χ1n) is 7.87. The molecule has 0 unspecified atom stereocenters. The summed E-state index contributed by atoms with van der Waals surface area (Å²) in [7, 11) is 7.06. The Morgan fingerprint density at radius 3 is 1.12 bits per heavy atom. The molecule has 0 saturated carbocycles. The summed E-state index contributed by atoms with van der Waals surface area (Å²) >= 11 is -2.16. The predicted octanol–water partition coefficient (Wildman–Crippen LogP) is 7.12. The summed E-state index contributed by atoms with van der Waals surface area (Å²) in [6.07, 6.45) is 12.4. The standard InChI is InChI=1S/3C5H11.ClH.Zr/c3*1-3-5-4-2;;/h3*1,3-5H2,2H3;1H;/q;;;;+1/p-1. The van der Waals surface area contributed by atoms with Crippen molar-refractivity contribution in [3.8, 4) is 0 Å². The summed E-state index contributed by atoms with van der Waals surface area (Å²) in [5.41, 5.74) is 0. The second-order valence-electron chi connectivity index (χ2n) is 5.52. The maximum absolute atomic E-state index is 7.06. The van der Waals surface area contributed by atoms with Crippen molar-refractivity contribution in [2.45, 2.75) is 90.9 Å². The molecule has 17 heavy (non-hydrogen) atoms. The van der Waals surface area contributed by atoms with Gasteiger partial charge in [0, 0.05) is 0 Å². The quantitative estimate of drug-likeness (QED) is 0.332. The summed E-state index contributed by atoms with van der Waals surface area (Å²) in [6, 6.07) is 0. The van der Waals surface area contributed by atoms with Crippen LogP contribution in [0, 0.1) is 0 Å². The molecule has 104 valence electrons. The van der Waals surface area contributed by atoms with Crippen molar-refractivity contribution in [3.05, 3.63) is 0 Å². The Morgan fingerprint density at radius 2 is 0.882 bits per heavy atom. The maximum atomic E-state index is 7.06. The molecule has 0 aromatic carbocycles. The fraction of sp³-hybridized carbons (Fsp3) is 1.00. The first kappa shape index (κ1) is 18.2. The monoisotopic (exact) mass is 338 g/mol. The van der Waals surface area contributed by atoms with Gasteiger partial charge in [0.05, 0.1) is 0 Å². The second-order valence-corrected chi connectivity index (χ2v) is 19.6. The number of rotatable bonds is 12. The molecule has 2 heteroatoms. The van der Waals surface area contributed by atoms with E-state index in [2.05, 4.69) is 20.8 Å². The summed E-state index contributed by atoms with van der Waals surface area (Å²) in [5, 5.41) is 0. The number of hydrogen-bond acceptors (Lipinski definition) is 0. The van der Waals surface area contributed by atoms with E-state index in [4.69, 9.17) is 8.51 Å². The van der Waals surface area contributed by atoms with Crippen LogP contribution in [-0.4, -0.2) is 0 Å². The molecule has 0 N–H and O–H groups in total. The van der Waals surface area contributed by atoms with E-state index in [1.807, 2.05) is 0 Å². The Balaban J connectivity index is 3.95. The van der Waals surface area contributed by atoms with Crippen LogP contribution >= 0.6 is 8.51 Å². The molecule has 0 heterocycles. The van der Waals surface area contributed by atoms with E-state index in [-0.39, 0.29) is 0 Å². The molecule has 0 bridgehead atoms. The number of halogens is 1. The van der Waals surface area contributed by atoms with Crippen molar-refractivity contribution in [2.75, 3.05) is 0 Å². The van der Waals surface area contributed by atoms with Crippen molar-refractivity contribution in [1.82, 2.24) is 0 Å². The van der Waals surface area contributed by atoms with Gasteiger partial charge in [0.25, 0.3) is 0 Å². The van der Waals surface area contributed by atoms with E-state index >= 15 is 0 Å². The Hall–Kier alpha value is 1.17. The fourth-order valence-electron chi connectivity index (χ4n) is 2.45. The van der Waals surface area contributed by atoms with E-state index in [1.165, 1.54) is 70.2 Å². The molecule has 0 fully saturated rings. The van der Waals surface area contributed by atoms with Gasteiger partial charge in [-0.05, 0) is 0 Å². The number of unbranched alkanes of at least 4 members (excludes halogenated alkanes) is 6. The van der Waals surface area contributed by atoms with Gasteiger partial charge in [0.1, 0.15) is 0 Å². The molecule has 0 radical (unpaired) electrons. The van der Waals surface area contributed by atoms with Gasteiger partial charge in [-0.3, -0.25) is 0 Å². The third-order valence-electron chi connectivity index (χ3n) is 3.69. The van der Waals surface area contributed by atoms with E-state index in [0.717, 1.165) is 0 Å². The molecule has 0 spiro atoms. The van der Waals surface area contributed by atoms with Crippen LogP contribution in [0.25, 0.3) is 0 Å². The normalized spacial score (nSPS) is 12.0. The molecule has 0 aromatic rings. The van der Waals surface area contributed by atoms with Crippen LogP contribution < -0.4 is 0 Å². The Labute approximate surface area is 118 Å². The van der Waals surface area contributed by atoms with Crippen molar-refractivity contribution >= 4 is 8.51 Å². The Kier molecular flexibility index (Phi) is 13.1. The van der Waals surface area contributed by atoms with Crippen LogP contribution in [0.5, 0.6) is 0 Å². The minimum absolute atomic E-state index is 1.34. The van der Waals surface area contributed by atoms with Crippen LogP contribution in [0.15, 0.2) is 0 Å². The van der Waals surface area contributed by atoms with Crippen molar-refractivity contribution in [3.63, 3.8) is 0 Å². The van der Waals surface area contributed by atoms with Crippen LogP contribution in [0.1, 0.15) is 78.6 Å². The third kappa shape index (κ3) is 10.8. The zero-order valence-electron chi connectivity index (χ0n) is 12.4. The van der Waals surface area contributed by atoms with E-state index in [0.29, 0.717) is 0 Å². The molecule has 0 amide bonds. The molecule has 0 aliphatic heterocycles. The molecule has 0 aliphatic carbocycles. The summed E-state index contributed by atoms with van der Waals surface area (Å²) < 4.78 is 4.33. The summed E-state index contributed by atoms with van der Waals surface area (Å²) in [6.45, 7) is 6.87. The van der Waals surface area contributed by atoms with Crippen molar-refractivity contribution in [2.24, 2.45) is 0 Å². The van der Waals surface area contributed by atoms with E-state index < -0.39 is 19.1 Å². The third-order valence-corrected chi connectivity index (χ3v) is 16.3. The SMILES string of the molecule is CCCC[CH2][Zr]([Cl])([CH2]CCCC)[CH2]CCCC. The molecule has 0 rings (SSSR count). The fourth-order valence-corrected chi connectivity index (χ4v) is 13.2. The molecule has 0 atom stereocenters.